The van der Waals surface area contributed by atoms with Gasteiger partial charge in [-0.15, -0.1) is 0 Å². The second-order valence-corrected chi connectivity index (χ2v) is 6.61. The Kier molecular flexibility index (Phi) is 8.18. The summed E-state index contributed by atoms with van der Waals surface area (Å²) in [4.78, 5) is 1.17. The van der Waals surface area contributed by atoms with Gasteiger partial charge in [-0.2, -0.15) is 11.3 Å². The second kappa shape index (κ2) is 9.35. The van der Waals surface area contributed by atoms with Gasteiger partial charge >= 0.3 is 0 Å². The van der Waals surface area contributed by atoms with E-state index in [0.717, 1.165) is 10.7 Å². The fraction of sp³-hybridized carbons (Fsp3) is 0.556. The van der Waals surface area contributed by atoms with Crippen molar-refractivity contribution in [3.63, 3.8) is 0 Å². The first-order valence-corrected chi connectivity index (χ1v) is 8.90. The van der Waals surface area contributed by atoms with Gasteiger partial charge in [0.25, 0.3) is 0 Å². The van der Waals surface area contributed by atoms with Crippen LogP contribution in [0.3, 0.4) is 0 Å². The predicted octanol–water partition coefficient (Wildman–Crippen LogP) is 4.29. The highest BCUT2D eigenvalue weighted by atomic mass is 32.1. The normalized spacial score (nSPS) is 17.3. The van der Waals surface area contributed by atoms with Crippen molar-refractivity contribution < 1.29 is 0 Å². The molecule has 1 saturated carbocycles. The molecule has 0 N–H and O–H groups in total. The maximum absolute atomic E-state index is 5.80. The van der Waals surface area contributed by atoms with Gasteiger partial charge in [-0.05, 0) is 38.2 Å². The average molecular weight is 296 g/mol. The largest absolute Gasteiger partial charge is 0.153 e. The third-order valence-electron chi connectivity index (χ3n) is 4.03. The van der Waals surface area contributed by atoms with Crippen LogP contribution in [0.25, 0.3) is 5.57 Å². The molecule has 0 aliphatic heterocycles. The van der Waals surface area contributed by atoms with Crippen molar-refractivity contribution in [3.05, 3.63) is 28.7 Å². The lowest BCUT2D eigenvalue weighted by molar-refractivity contribution is 0.403. The first-order chi connectivity index (χ1) is 10.1. The highest BCUT2D eigenvalue weighted by Gasteiger charge is 2.14. The van der Waals surface area contributed by atoms with Crippen LogP contribution in [0.4, 0.5) is 0 Å². The molecule has 0 aromatic carbocycles. The van der Waals surface area contributed by atoms with Crippen LogP contribution in [0.15, 0.2) is 23.8 Å². The van der Waals surface area contributed by atoms with Crippen LogP contribution in [0.5, 0.6) is 0 Å². The number of rotatable bonds is 3. The van der Waals surface area contributed by atoms with E-state index in [1.807, 2.05) is 19.9 Å². The molecule has 0 unspecified atom stereocenters. The van der Waals surface area contributed by atoms with Gasteiger partial charge in [0.05, 0.1) is 0 Å². The van der Waals surface area contributed by atoms with E-state index in [1.54, 1.807) is 11.3 Å². The summed E-state index contributed by atoms with van der Waals surface area (Å²) in [6.07, 6.45) is 11.4. The molecule has 3 heteroatoms. The molecular weight excluding hydrogens is 270 g/mol. The zero-order valence-corrected chi connectivity index (χ0v) is 14.7. The Balaban J connectivity index is 0.00000106. The summed E-state index contributed by atoms with van der Waals surface area (Å²) in [5.74, 6) is 0.788. The highest BCUT2D eigenvalue weighted by molar-refractivity contribution is 7.22. The molecule has 4 radical (unpaired) electrons. The smallest absolute Gasteiger partial charge is 0.128 e. The SMILES string of the molecule is CC.[B]c1cc(/C(C)=C/C=C(\C)C2CCCCC2)sc1[B]. The number of hydrogen-bond acceptors (Lipinski definition) is 1. The topological polar surface area (TPSA) is 0 Å². The Morgan fingerprint density at radius 2 is 1.71 bits per heavy atom. The quantitative estimate of drug-likeness (QED) is 0.576. The summed E-state index contributed by atoms with van der Waals surface area (Å²) in [6.45, 7) is 8.38. The lowest BCUT2D eigenvalue weighted by Crippen LogP contribution is -2.18. The molecule has 110 valence electrons. The summed E-state index contributed by atoms with van der Waals surface area (Å²) in [7, 11) is 11.6. The molecule has 0 bridgehead atoms. The lowest BCUT2D eigenvalue weighted by Gasteiger charge is -2.22. The standard InChI is InChI=1S/C16H20B2S.C2H6/c1-11(13-6-4-3-5-7-13)8-9-12(2)15-10-14(17)16(18)19-15;1-2/h8-10,13H,3-7H2,1-2H3;1-2H3/b11-8+,12-9+;. The molecule has 2 rings (SSSR count). The fourth-order valence-corrected chi connectivity index (χ4v) is 3.47. The van der Waals surface area contributed by atoms with Gasteiger partial charge in [-0.25, -0.2) is 0 Å². The van der Waals surface area contributed by atoms with Gasteiger partial charge in [-0.3, -0.25) is 0 Å². The third-order valence-corrected chi connectivity index (χ3v) is 5.14. The maximum Gasteiger partial charge on any atom is 0.128 e. The predicted molar refractivity (Wildman–Crippen MR) is 100 cm³/mol. The van der Waals surface area contributed by atoms with E-state index in [-0.39, 0.29) is 0 Å². The Bertz CT molecular complexity index is 472. The van der Waals surface area contributed by atoms with E-state index in [2.05, 4.69) is 26.0 Å². The van der Waals surface area contributed by atoms with Gasteiger partial charge in [0.1, 0.15) is 15.7 Å². The molecule has 0 amide bonds. The first kappa shape index (κ1) is 18.4. The minimum absolute atomic E-state index is 0.695. The van der Waals surface area contributed by atoms with Crippen LogP contribution < -0.4 is 10.2 Å². The molecule has 0 nitrogen and oxygen atoms in total. The number of hydrogen-bond donors (Lipinski definition) is 0. The van der Waals surface area contributed by atoms with Crippen molar-refractivity contribution in [2.75, 3.05) is 0 Å². The molecule has 0 atom stereocenters. The minimum Gasteiger partial charge on any atom is -0.153 e. The molecule has 1 aliphatic rings. The van der Waals surface area contributed by atoms with E-state index < -0.39 is 0 Å². The van der Waals surface area contributed by atoms with E-state index in [9.17, 15) is 0 Å². The Morgan fingerprint density at radius 3 is 2.24 bits per heavy atom. The van der Waals surface area contributed by atoms with Gasteiger partial charge < -0.3 is 0 Å². The van der Waals surface area contributed by atoms with Gasteiger partial charge in [0.15, 0.2) is 0 Å². The Morgan fingerprint density at radius 1 is 1.10 bits per heavy atom. The van der Waals surface area contributed by atoms with Crippen molar-refractivity contribution in [1.29, 1.82) is 0 Å². The molecule has 1 fully saturated rings. The van der Waals surface area contributed by atoms with Gasteiger partial charge in [-0.1, -0.05) is 67.1 Å². The van der Waals surface area contributed by atoms with E-state index in [0.29, 0.717) is 5.46 Å². The van der Waals surface area contributed by atoms with Gasteiger partial charge in [0.2, 0.25) is 0 Å². The summed E-state index contributed by atoms with van der Waals surface area (Å²) in [6, 6.07) is 1.97. The minimum atomic E-state index is 0.695. The van der Waals surface area contributed by atoms with Crippen molar-refractivity contribution in [3.8, 4) is 0 Å². The van der Waals surface area contributed by atoms with Crippen molar-refractivity contribution in [1.82, 2.24) is 0 Å². The molecule has 1 heterocycles. The summed E-state index contributed by atoms with van der Waals surface area (Å²) < 4.78 is 0.718. The van der Waals surface area contributed by atoms with Crippen molar-refractivity contribution in [2.24, 2.45) is 5.92 Å². The monoisotopic (exact) mass is 296 g/mol. The molecule has 0 spiro atoms. The average Bonchev–Trinajstić information content (AvgIpc) is 2.87. The van der Waals surface area contributed by atoms with Crippen LogP contribution in [-0.2, 0) is 0 Å². The molecule has 1 aromatic heterocycles. The molecule has 0 saturated heterocycles. The van der Waals surface area contributed by atoms with Crippen LogP contribution in [0.2, 0.25) is 0 Å². The summed E-state index contributed by atoms with van der Waals surface area (Å²) >= 11 is 1.56. The van der Waals surface area contributed by atoms with E-state index >= 15 is 0 Å². The van der Waals surface area contributed by atoms with Crippen LogP contribution >= 0.6 is 11.3 Å². The fourth-order valence-electron chi connectivity index (χ4n) is 2.65. The van der Waals surface area contributed by atoms with Crippen molar-refractivity contribution in [2.45, 2.75) is 59.8 Å². The van der Waals surface area contributed by atoms with Crippen LogP contribution in [-0.4, -0.2) is 15.7 Å². The first-order valence-electron chi connectivity index (χ1n) is 8.08. The van der Waals surface area contributed by atoms with E-state index in [1.165, 1.54) is 48.1 Å². The highest BCUT2D eigenvalue weighted by Crippen LogP contribution is 2.29. The van der Waals surface area contributed by atoms with Gasteiger partial charge in [0, 0.05) is 4.88 Å². The zero-order chi connectivity index (χ0) is 15.8. The Hall–Kier alpha value is -0.690. The van der Waals surface area contributed by atoms with Crippen LogP contribution in [0.1, 0.15) is 64.7 Å². The maximum atomic E-state index is 5.80. The molecule has 1 aliphatic carbocycles. The van der Waals surface area contributed by atoms with Crippen LogP contribution in [0, 0.1) is 5.92 Å². The summed E-state index contributed by atoms with van der Waals surface area (Å²) in [5, 5.41) is 0. The number of allylic oxidation sites excluding steroid dienone is 4. The zero-order valence-electron chi connectivity index (χ0n) is 13.9. The van der Waals surface area contributed by atoms with Crippen molar-refractivity contribution >= 4 is 42.8 Å². The van der Waals surface area contributed by atoms with E-state index in [4.69, 9.17) is 15.7 Å². The Labute approximate surface area is 137 Å². The second-order valence-electron chi connectivity index (χ2n) is 5.53. The molecular formula is C18H26B2S. The lowest BCUT2D eigenvalue weighted by atomic mass is 9.84. The molecule has 1 aromatic rings. The molecule has 21 heavy (non-hydrogen) atoms. The summed E-state index contributed by atoms with van der Waals surface area (Å²) in [5.41, 5.74) is 3.45. The third kappa shape index (κ3) is 5.54. The number of thiophene rings is 1.